The van der Waals surface area contributed by atoms with Gasteiger partial charge in [0.1, 0.15) is 6.07 Å². The van der Waals surface area contributed by atoms with Crippen LogP contribution in [0.25, 0.3) is 0 Å². The van der Waals surface area contributed by atoms with E-state index in [0.717, 1.165) is 0 Å². The largest absolute Gasteiger partial charge is 0.444 e. The first-order valence-electron chi connectivity index (χ1n) is 6.48. The molecule has 0 N–H and O–H groups in total. The maximum Gasteiger partial charge on any atom is 0.340 e. The van der Waals surface area contributed by atoms with Crippen molar-refractivity contribution in [2.24, 2.45) is 0 Å². The van der Waals surface area contributed by atoms with Gasteiger partial charge < -0.3 is 4.74 Å². The van der Waals surface area contributed by atoms with Crippen molar-refractivity contribution < 1.29 is 17.9 Å². The Kier molecular flexibility index (Phi) is 4.91. The predicted molar refractivity (Wildman–Crippen MR) is 79.8 cm³/mol. The van der Waals surface area contributed by atoms with E-state index in [1.165, 1.54) is 18.7 Å². The van der Waals surface area contributed by atoms with Gasteiger partial charge >= 0.3 is 5.97 Å². The quantitative estimate of drug-likeness (QED) is 0.788. The van der Waals surface area contributed by atoms with Gasteiger partial charge in [-0.3, -0.25) is 0 Å². The number of carbonyl (C=O) groups is 1. The maximum atomic E-state index is 12.0. The number of nitrogens with zero attached hydrogens (tertiary/aromatic N) is 1. The summed E-state index contributed by atoms with van der Waals surface area (Å²) in [7, 11) is -2.95. The first-order valence-corrected chi connectivity index (χ1v) is 9.18. The molecule has 0 bridgehead atoms. The van der Waals surface area contributed by atoms with Crippen molar-refractivity contribution >= 4 is 27.6 Å². The van der Waals surface area contributed by atoms with Crippen LogP contribution in [0.4, 0.5) is 0 Å². The molecule has 21 heavy (non-hydrogen) atoms. The molecule has 0 aromatic heterocycles. The standard InChI is InChI=1S/C14H15NO4S2/c1-10(8-15)19-14(16)12-4-2-3-5-13(12)20-11-6-7-21(17,18)9-11/h2-5,10-11H,6-7,9H2,1H3/t10-,11-/m0/s1. The van der Waals surface area contributed by atoms with E-state index in [9.17, 15) is 13.2 Å². The zero-order valence-corrected chi connectivity index (χ0v) is 13.1. The Morgan fingerprint density at radius 1 is 1.48 bits per heavy atom. The van der Waals surface area contributed by atoms with E-state index in [1.54, 1.807) is 24.3 Å². The van der Waals surface area contributed by atoms with Gasteiger partial charge in [-0.2, -0.15) is 5.26 Å². The van der Waals surface area contributed by atoms with Crippen LogP contribution in [0.3, 0.4) is 0 Å². The smallest absolute Gasteiger partial charge is 0.340 e. The Bertz CT molecular complexity index is 678. The number of nitriles is 1. The second-order valence-electron chi connectivity index (χ2n) is 4.82. The third kappa shape index (κ3) is 4.22. The predicted octanol–water partition coefficient (Wildman–Crippen LogP) is 2.03. The SMILES string of the molecule is C[C@@H](C#N)OC(=O)c1ccccc1S[C@H]1CCS(=O)(=O)C1. The first kappa shape index (κ1) is 15.9. The van der Waals surface area contributed by atoms with E-state index in [1.807, 2.05) is 6.07 Å². The van der Waals surface area contributed by atoms with Crippen molar-refractivity contribution in [3.05, 3.63) is 29.8 Å². The number of hydrogen-bond acceptors (Lipinski definition) is 6. The summed E-state index contributed by atoms with van der Waals surface area (Å²) in [5.41, 5.74) is 0.369. The van der Waals surface area contributed by atoms with Crippen LogP contribution in [-0.4, -0.2) is 37.2 Å². The third-order valence-electron chi connectivity index (χ3n) is 3.06. The van der Waals surface area contributed by atoms with Crippen LogP contribution in [-0.2, 0) is 14.6 Å². The zero-order chi connectivity index (χ0) is 15.5. The van der Waals surface area contributed by atoms with E-state index in [-0.39, 0.29) is 16.8 Å². The number of benzene rings is 1. The van der Waals surface area contributed by atoms with Crippen molar-refractivity contribution in [2.45, 2.75) is 29.6 Å². The minimum absolute atomic E-state index is 0.0441. The van der Waals surface area contributed by atoms with Gasteiger partial charge in [0.05, 0.1) is 17.1 Å². The lowest BCUT2D eigenvalue weighted by Gasteiger charge is -2.12. The average Bonchev–Trinajstić information content (AvgIpc) is 2.78. The Hall–Kier alpha value is -1.52. The molecule has 0 aliphatic carbocycles. The molecule has 0 amide bonds. The second-order valence-corrected chi connectivity index (χ2v) is 8.39. The number of esters is 1. The van der Waals surface area contributed by atoms with Gasteiger partial charge in [0.2, 0.25) is 0 Å². The molecule has 1 aromatic carbocycles. The van der Waals surface area contributed by atoms with E-state index < -0.39 is 21.9 Å². The lowest BCUT2D eigenvalue weighted by atomic mass is 10.2. The molecule has 2 atom stereocenters. The molecular weight excluding hydrogens is 310 g/mol. The van der Waals surface area contributed by atoms with Gasteiger partial charge in [-0.15, -0.1) is 11.8 Å². The van der Waals surface area contributed by atoms with Crippen molar-refractivity contribution in [2.75, 3.05) is 11.5 Å². The summed E-state index contributed by atoms with van der Waals surface area (Å²) in [6.07, 6.45) is -0.229. The van der Waals surface area contributed by atoms with E-state index in [4.69, 9.17) is 10.00 Å². The Labute approximate surface area is 128 Å². The van der Waals surface area contributed by atoms with Gasteiger partial charge in [0.25, 0.3) is 0 Å². The van der Waals surface area contributed by atoms with Gasteiger partial charge in [-0.05, 0) is 25.5 Å². The van der Waals surface area contributed by atoms with Gasteiger partial charge in [-0.1, -0.05) is 12.1 Å². The van der Waals surface area contributed by atoms with Crippen molar-refractivity contribution in [3.63, 3.8) is 0 Å². The highest BCUT2D eigenvalue weighted by molar-refractivity contribution is 8.02. The molecule has 2 rings (SSSR count). The number of hydrogen-bond donors (Lipinski definition) is 0. The molecule has 1 saturated heterocycles. The number of thioether (sulfide) groups is 1. The number of carbonyl (C=O) groups excluding carboxylic acids is 1. The highest BCUT2D eigenvalue weighted by atomic mass is 32.2. The Balaban J connectivity index is 2.14. The number of ether oxygens (including phenoxy) is 1. The molecular formula is C14H15NO4S2. The van der Waals surface area contributed by atoms with Crippen molar-refractivity contribution in [1.82, 2.24) is 0 Å². The van der Waals surface area contributed by atoms with Crippen LogP contribution in [0.1, 0.15) is 23.7 Å². The Morgan fingerprint density at radius 2 is 2.19 bits per heavy atom. The minimum Gasteiger partial charge on any atom is -0.444 e. The summed E-state index contributed by atoms with van der Waals surface area (Å²) < 4.78 is 28.0. The molecule has 112 valence electrons. The Morgan fingerprint density at radius 3 is 2.81 bits per heavy atom. The minimum atomic E-state index is -2.95. The fourth-order valence-corrected chi connectivity index (χ4v) is 5.64. The highest BCUT2D eigenvalue weighted by Crippen LogP contribution is 2.33. The van der Waals surface area contributed by atoms with Gasteiger partial charge in [-0.25, -0.2) is 13.2 Å². The number of sulfone groups is 1. The van der Waals surface area contributed by atoms with Crippen LogP contribution < -0.4 is 0 Å². The molecule has 1 aliphatic heterocycles. The molecule has 1 aliphatic rings. The summed E-state index contributed by atoms with van der Waals surface area (Å²) in [5, 5.41) is 8.64. The van der Waals surface area contributed by atoms with Crippen LogP contribution in [0.5, 0.6) is 0 Å². The molecule has 5 nitrogen and oxygen atoms in total. The highest BCUT2D eigenvalue weighted by Gasteiger charge is 2.29. The molecule has 1 fully saturated rings. The third-order valence-corrected chi connectivity index (χ3v) is 6.38. The van der Waals surface area contributed by atoms with Crippen LogP contribution in [0.2, 0.25) is 0 Å². The molecule has 0 saturated carbocycles. The van der Waals surface area contributed by atoms with E-state index in [2.05, 4.69) is 0 Å². The summed E-state index contributed by atoms with van der Waals surface area (Å²) in [5.74, 6) is -0.230. The van der Waals surface area contributed by atoms with E-state index in [0.29, 0.717) is 16.9 Å². The summed E-state index contributed by atoms with van der Waals surface area (Å²) in [6, 6.07) is 8.73. The van der Waals surface area contributed by atoms with Gasteiger partial charge in [0, 0.05) is 10.1 Å². The summed E-state index contributed by atoms with van der Waals surface area (Å²) in [4.78, 5) is 12.7. The molecule has 0 radical (unpaired) electrons. The molecule has 7 heteroatoms. The summed E-state index contributed by atoms with van der Waals surface area (Å²) >= 11 is 1.38. The molecule has 1 aromatic rings. The van der Waals surface area contributed by atoms with E-state index >= 15 is 0 Å². The lowest BCUT2D eigenvalue weighted by molar-refractivity contribution is 0.0431. The van der Waals surface area contributed by atoms with Gasteiger partial charge in [0.15, 0.2) is 15.9 Å². The van der Waals surface area contributed by atoms with Crippen molar-refractivity contribution in [1.29, 1.82) is 5.26 Å². The first-order chi connectivity index (χ1) is 9.91. The molecule has 1 heterocycles. The van der Waals surface area contributed by atoms with Crippen LogP contribution in [0, 0.1) is 11.3 Å². The fourth-order valence-electron chi connectivity index (χ4n) is 2.02. The second kappa shape index (κ2) is 6.50. The topological polar surface area (TPSA) is 84.2 Å². The molecule has 0 spiro atoms. The maximum absolute atomic E-state index is 12.0. The molecule has 0 unspecified atom stereocenters. The zero-order valence-electron chi connectivity index (χ0n) is 11.5. The lowest BCUT2D eigenvalue weighted by Crippen LogP contribution is -2.14. The summed E-state index contributed by atoms with van der Waals surface area (Å²) in [6.45, 7) is 1.50. The average molecular weight is 325 g/mol. The van der Waals surface area contributed by atoms with Crippen LogP contribution >= 0.6 is 11.8 Å². The number of rotatable bonds is 4. The normalized spacial score (nSPS) is 21.4. The van der Waals surface area contributed by atoms with Crippen molar-refractivity contribution in [3.8, 4) is 6.07 Å². The fraction of sp³-hybridized carbons (Fsp3) is 0.429. The monoisotopic (exact) mass is 325 g/mol. The van der Waals surface area contributed by atoms with Crippen LogP contribution in [0.15, 0.2) is 29.2 Å².